The van der Waals surface area contributed by atoms with E-state index in [-0.39, 0.29) is 23.4 Å². The number of nitrogen functional groups attached to an aromatic ring is 1. The number of hydrogen-bond donors (Lipinski definition) is 2. The highest BCUT2D eigenvalue weighted by Crippen LogP contribution is 2.39. The first kappa shape index (κ1) is 16.6. The molecule has 0 spiro atoms. The fraction of sp³-hybridized carbons (Fsp3) is 0.150. The van der Waals surface area contributed by atoms with E-state index >= 15 is 0 Å². The highest BCUT2D eigenvalue weighted by molar-refractivity contribution is 5.98. The third-order valence-corrected chi connectivity index (χ3v) is 5.12. The number of aromatic nitrogens is 4. The van der Waals surface area contributed by atoms with Crippen molar-refractivity contribution in [2.45, 2.75) is 18.9 Å². The Morgan fingerprint density at radius 2 is 1.93 bits per heavy atom. The van der Waals surface area contributed by atoms with Crippen LogP contribution in [-0.4, -0.2) is 24.9 Å². The Labute approximate surface area is 158 Å². The molecule has 0 saturated heterocycles. The molecule has 2 aromatic carbocycles. The van der Waals surface area contributed by atoms with Gasteiger partial charge in [-0.15, -0.1) is 0 Å². The summed E-state index contributed by atoms with van der Waals surface area (Å²) in [5.74, 6) is -0.857. The number of rotatable bonds is 2. The molecule has 0 fully saturated rings. The van der Waals surface area contributed by atoms with Gasteiger partial charge < -0.3 is 10.8 Å². The lowest BCUT2D eigenvalue weighted by Crippen LogP contribution is -2.10. The molecule has 0 amide bonds. The van der Waals surface area contributed by atoms with Gasteiger partial charge in [-0.2, -0.15) is 5.10 Å². The van der Waals surface area contributed by atoms with Crippen molar-refractivity contribution in [1.82, 2.24) is 19.7 Å². The largest absolute Gasteiger partial charge is 0.508 e. The van der Waals surface area contributed by atoms with Crippen molar-refractivity contribution in [2.24, 2.45) is 0 Å². The third kappa shape index (κ3) is 2.49. The number of nitrogens with two attached hydrogens (primary N) is 1. The van der Waals surface area contributed by atoms with Crippen LogP contribution in [0, 0.1) is 11.6 Å². The van der Waals surface area contributed by atoms with Gasteiger partial charge >= 0.3 is 0 Å². The molecular weight excluding hydrogens is 364 g/mol. The Morgan fingerprint density at radius 3 is 2.75 bits per heavy atom. The molecule has 0 bridgehead atoms. The van der Waals surface area contributed by atoms with Crippen molar-refractivity contribution >= 4 is 16.9 Å². The topological polar surface area (TPSA) is 89.8 Å². The number of hydrogen-bond acceptors (Lipinski definition) is 5. The van der Waals surface area contributed by atoms with Crippen molar-refractivity contribution in [3.8, 4) is 17.0 Å². The monoisotopic (exact) mass is 379 g/mol. The average Bonchev–Trinajstić information content (AvgIpc) is 3.22. The van der Waals surface area contributed by atoms with E-state index in [2.05, 4.69) is 15.1 Å². The molecular formula is C20H15F2N5O. The molecule has 0 aliphatic heterocycles. The number of aromatic hydroxyl groups is 1. The number of phenols is 1. The van der Waals surface area contributed by atoms with E-state index in [4.69, 9.17) is 5.73 Å². The minimum absolute atomic E-state index is 0.150. The minimum atomic E-state index is -0.588. The van der Waals surface area contributed by atoms with Crippen LogP contribution < -0.4 is 5.73 Å². The second-order valence-corrected chi connectivity index (χ2v) is 6.85. The maximum absolute atomic E-state index is 13.9. The van der Waals surface area contributed by atoms with Crippen LogP contribution in [0.4, 0.5) is 14.6 Å². The Balaban J connectivity index is 1.75. The highest BCUT2D eigenvalue weighted by atomic mass is 19.1. The van der Waals surface area contributed by atoms with Gasteiger partial charge in [0.2, 0.25) is 0 Å². The van der Waals surface area contributed by atoms with Crippen molar-refractivity contribution in [2.75, 3.05) is 5.73 Å². The third-order valence-electron chi connectivity index (χ3n) is 5.12. The molecule has 1 atom stereocenters. The normalized spacial score (nSPS) is 15.9. The second-order valence-electron chi connectivity index (χ2n) is 6.85. The predicted molar refractivity (Wildman–Crippen MR) is 99.7 cm³/mol. The van der Waals surface area contributed by atoms with Gasteiger partial charge in [0, 0.05) is 11.6 Å². The summed E-state index contributed by atoms with van der Waals surface area (Å²) in [4.78, 5) is 8.39. The van der Waals surface area contributed by atoms with E-state index < -0.39 is 5.82 Å². The van der Waals surface area contributed by atoms with Gasteiger partial charge in [-0.1, -0.05) is 6.07 Å². The lowest BCUT2D eigenvalue weighted by molar-refractivity contribution is 0.469. The molecule has 4 aromatic rings. The quantitative estimate of drug-likeness (QED) is 0.555. The van der Waals surface area contributed by atoms with Gasteiger partial charge in [0.1, 0.15) is 35.2 Å². The molecule has 0 saturated carbocycles. The van der Waals surface area contributed by atoms with Crippen LogP contribution >= 0.6 is 0 Å². The number of benzene rings is 2. The molecule has 140 valence electrons. The SMILES string of the molecule is Nc1ncnc2c1c(-c1cc(O)cc(F)c1)nn2C1CCc2cc(F)ccc21. The zero-order valence-corrected chi connectivity index (χ0v) is 14.6. The summed E-state index contributed by atoms with van der Waals surface area (Å²) in [7, 11) is 0. The van der Waals surface area contributed by atoms with Crippen molar-refractivity contribution in [1.29, 1.82) is 0 Å². The Bertz CT molecular complexity index is 1220. The molecule has 2 heterocycles. The van der Waals surface area contributed by atoms with Gasteiger partial charge in [-0.05, 0) is 48.2 Å². The van der Waals surface area contributed by atoms with E-state index in [9.17, 15) is 13.9 Å². The number of halogens is 2. The standard InChI is InChI=1S/C20H15F2N5O/c21-12-2-3-15-10(5-12)1-4-16(15)27-20-17(19(23)24-9-25-20)18(26-27)11-6-13(22)8-14(28)7-11/h2-3,5-9,16,28H,1,4H2,(H2,23,24,25). The molecule has 3 N–H and O–H groups in total. The first-order valence-corrected chi connectivity index (χ1v) is 8.78. The van der Waals surface area contributed by atoms with Crippen LogP contribution in [0.2, 0.25) is 0 Å². The zero-order chi connectivity index (χ0) is 19.4. The van der Waals surface area contributed by atoms with Gasteiger partial charge in [0.15, 0.2) is 5.65 Å². The summed E-state index contributed by atoms with van der Waals surface area (Å²) in [5.41, 5.74) is 9.26. The zero-order valence-electron chi connectivity index (χ0n) is 14.6. The summed E-state index contributed by atoms with van der Waals surface area (Å²) < 4.78 is 29.2. The first-order valence-electron chi connectivity index (χ1n) is 8.78. The molecule has 8 heteroatoms. The van der Waals surface area contributed by atoms with Crippen LogP contribution in [0.15, 0.2) is 42.7 Å². The maximum Gasteiger partial charge on any atom is 0.164 e. The second kappa shape index (κ2) is 5.98. The molecule has 1 aliphatic rings. The van der Waals surface area contributed by atoms with Crippen LogP contribution in [-0.2, 0) is 6.42 Å². The Morgan fingerprint density at radius 1 is 1.07 bits per heavy atom. The van der Waals surface area contributed by atoms with E-state index in [1.54, 1.807) is 10.7 Å². The highest BCUT2D eigenvalue weighted by Gasteiger charge is 2.29. The van der Waals surface area contributed by atoms with Crippen LogP contribution in [0.5, 0.6) is 5.75 Å². The van der Waals surface area contributed by atoms with Crippen molar-refractivity contribution in [3.63, 3.8) is 0 Å². The molecule has 2 aromatic heterocycles. The number of phenolic OH excluding ortho intramolecular Hbond substituents is 1. The Hall–Kier alpha value is -3.55. The first-order chi connectivity index (χ1) is 13.5. The number of aryl methyl sites for hydroxylation is 1. The van der Waals surface area contributed by atoms with Gasteiger partial charge in [0.05, 0.1) is 11.4 Å². The number of nitrogens with zero attached hydrogens (tertiary/aromatic N) is 4. The average molecular weight is 379 g/mol. The lowest BCUT2D eigenvalue weighted by Gasteiger charge is -2.13. The summed E-state index contributed by atoms with van der Waals surface area (Å²) in [6.45, 7) is 0. The van der Waals surface area contributed by atoms with E-state index in [0.717, 1.165) is 30.0 Å². The van der Waals surface area contributed by atoms with E-state index in [1.807, 2.05) is 0 Å². The van der Waals surface area contributed by atoms with Crippen molar-refractivity contribution < 1.29 is 13.9 Å². The van der Waals surface area contributed by atoms with Crippen LogP contribution in [0.25, 0.3) is 22.3 Å². The smallest absolute Gasteiger partial charge is 0.164 e. The molecule has 5 rings (SSSR count). The summed E-state index contributed by atoms with van der Waals surface area (Å²) >= 11 is 0. The fourth-order valence-corrected chi connectivity index (χ4v) is 3.94. The van der Waals surface area contributed by atoms with E-state index in [1.165, 1.54) is 30.6 Å². The minimum Gasteiger partial charge on any atom is -0.508 e. The molecule has 1 unspecified atom stereocenters. The van der Waals surface area contributed by atoms with Gasteiger partial charge in [-0.3, -0.25) is 0 Å². The summed E-state index contributed by atoms with van der Waals surface area (Å²) in [5, 5.41) is 15.0. The van der Waals surface area contributed by atoms with Gasteiger partial charge in [0.25, 0.3) is 0 Å². The van der Waals surface area contributed by atoms with Crippen molar-refractivity contribution in [3.05, 3.63) is 65.5 Å². The number of anilines is 1. The molecule has 28 heavy (non-hydrogen) atoms. The maximum atomic E-state index is 13.9. The van der Waals surface area contributed by atoms with Crippen LogP contribution in [0.3, 0.4) is 0 Å². The number of fused-ring (bicyclic) bond motifs is 2. The summed E-state index contributed by atoms with van der Waals surface area (Å²) in [6, 6.07) is 8.28. The lowest BCUT2D eigenvalue weighted by atomic mass is 10.1. The predicted octanol–water partition coefficient (Wildman–Crippen LogP) is 3.59. The van der Waals surface area contributed by atoms with E-state index in [0.29, 0.717) is 22.3 Å². The Kier molecular flexibility index (Phi) is 3.55. The fourth-order valence-electron chi connectivity index (χ4n) is 3.94. The molecule has 0 radical (unpaired) electrons. The van der Waals surface area contributed by atoms with Crippen LogP contribution in [0.1, 0.15) is 23.6 Å². The summed E-state index contributed by atoms with van der Waals surface area (Å²) in [6.07, 6.45) is 2.80. The molecule has 1 aliphatic carbocycles. The molecule has 6 nitrogen and oxygen atoms in total. The van der Waals surface area contributed by atoms with Gasteiger partial charge in [-0.25, -0.2) is 23.4 Å².